The fourth-order valence-corrected chi connectivity index (χ4v) is 3.43. The number of pyridine rings is 1. The second kappa shape index (κ2) is 5.66. The number of aromatic hydroxyl groups is 1. The first-order valence-corrected chi connectivity index (χ1v) is 7.98. The number of aromatic nitrogens is 3. The number of fused-ring (bicyclic) bond motifs is 1. The fourth-order valence-electron chi connectivity index (χ4n) is 3.43. The molecule has 0 bridgehead atoms. The summed E-state index contributed by atoms with van der Waals surface area (Å²) in [5, 5.41) is 9.72. The second-order valence-electron chi connectivity index (χ2n) is 6.32. The molecule has 1 aliphatic heterocycles. The number of rotatable bonds is 3. The minimum atomic E-state index is 0.294. The van der Waals surface area contributed by atoms with Crippen LogP contribution in [0.2, 0.25) is 0 Å². The molecule has 1 unspecified atom stereocenters. The number of benzene rings is 1. The van der Waals surface area contributed by atoms with E-state index in [9.17, 15) is 5.11 Å². The van der Waals surface area contributed by atoms with Crippen molar-refractivity contribution in [2.75, 3.05) is 20.1 Å². The maximum Gasteiger partial charge on any atom is 0.160 e. The van der Waals surface area contributed by atoms with Crippen LogP contribution in [-0.4, -0.2) is 44.7 Å². The largest absolute Gasteiger partial charge is 0.508 e. The predicted molar refractivity (Wildman–Crippen MR) is 89.6 cm³/mol. The van der Waals surface area contributed by atoms with Crippen molar-refractivity contribution < 1.29 is 5.11 Å². The van der Waals surface area contributed by atoms with Gasteiger partial charge in [0.2, 0.25) is 0 Å². The lowest BCUT2D eigenvalue weighted by Crippen LogP contribution is -2.16. The van der Waals surface area contributed by atoms with E-state index in [1.54, 1.807) is 12.1 Å². The van der Waals surface area contributed by atoms with Crippen LogP contribution in [0.1, 0.15) is 23.7 Å². The molecule has 1 atom stereocenters. The van der Waals surface area contributed by atoms with Gasteiger partial charge in [0.15, 0.2) is 5.65 Å². The van der Waals surface area contributed by atoms with Gasteiger partial charge in [-0.1, -0.05) is 12.1 Å². The molecule has 0 radical (unpaired) electrons. The zero-order chi connectivity index (χ0) is 15.8. The maximum atomic E-state index is 9.72. The molecule has 0 aliphatic carbocycles. The number of hydrogen-bond donors (Lipinski definition) is 1. The molecule has 0 amide bonds. The van der Waals surface area contributed by atoms with E-state index in [1.165, 1.54) is 0 Å². The van der Waals surface area contributed by atoms with Crippen LogP contribution < -0.4 is 0 Å². The summed E-state index contributed by atoms with van der Waals surface area (Å²) in [5.41, 5.74) is 2.92. The molecule has 118 valence electrons. The third-order valence-electron chi connectivity index (χ3n) is 4.54. The van der Waals surface area contributed by atoms with E-state index in [0.717, 1.165) is 42.1 Å². The SMILES string of the molecule is CN1CCC(c2nc3cccnc3n2Cc2cccc(O)c2)C1. The molecule has 3 aromatic rings. The summed E-state index contributed by atoms with van der Waals surface area (Å²) in [7, 11) is 2.15. The van der Waals surface area contributed by atoms with Crippen molar-refractivity contribution in [2.45, 2.75) is 18.9 Å². The second-order valence-corrected chi connectivity index (χ2v) is 6.32. The molecule has 1 saturated heterocycles. The molecular formula is C18H20N4O. The van der Waals surface area contributed by atoms with Crippen LogP contribution in [0.5, 0.6) is 5.75 Å². The molecule has 1 fully saturated rings. The standard InChI is InChI=1S/C18H20N4O/c1-21-9-7-14(12-21)17-20-16-6-3-8-19-18(16)22(17)11-13-4-2-5-15(23)10-13/h2-6,8,10,14,23H,7,9,11-12H2,1H3. The first-order chi connectivity index (χ1) is 11.2. The molecule has 2 aromatic heterocycles. The van der Waals surface area contributed by atoms with Crippen molar-refractivity contribution in [3.05, 3.63) is 54.0 Å². The molecule has 1 N–H and O–H groups in total. The average molecular weight is 308 g/mol. The van der Waals surface area contributed by atoms with Crippen molar-refractivity contribution >= 4 is 11.2 Å². The highest BCUT2D eigenvalue weighted by Gasteiger charge is 2.26. The summed E-state index contributed by atoms with van der Waals surface area (Å²) in [6.07, 6.45) is 2.94. The van der Waals surface area contributed by atoms with Crippen LogP contribution in [0.3, 0.4) is 0 Å². The first kappa shape index (κ1) is 14.2. The number of nitrogens with zero attached hydrogens (tertiary/aromatic N) is 4. The lowest BCUT2D eigenvalue weighted by molar-refractivity contribution is 0.408. The number of phenols is 1. The quantitative estimate of drug-likeness (QED) is 0.808. The molecule has 0 spiro atoms. The van der Waals surface area contributed by atoms with Gasteiger partial charge in [-0.3, -0.25) is 0 Å². The molecule has 1 aromatic carbocycles. The Labute approximate surface area is 135 Å². The topological polar surface area (TPSA) is 54.2 Å². The number of likely N-dealkylation sites (N-methyl/N-ethyl adjacent to an activating group) is 1. The van der Waals surface area contributed by atoms with Crippen molar-refractivity contribution in [2.24, 2.45) is 0 Å². The Balaban J connectivity index is 1.79. The Bertz CT molecular complexity index is 842. The Morgan fingerprint density at radius 1 is 1.26 bits per heavy atom. The van der Waals surface area contributed by atoms with Crippen molar-refractivity contribution in [3.8, 4) is 5.75 Å². The Hall–Kier alpha value is -2.40. The van der Waals surface area contributed by atoms with Gasteiger partial charge in [0, 0.05) is 18.7 Å². The smallest absolute Gasteiger partial charge is 0.160 e. The summed E-state index contributed by atoms with van der Waals surface area (Å²) in [4.78, 5) is 11.7. The fraction of sp³-hybridized carbons (Fsp3) is 0.333. The number of hydrogen-bond acceptors (Lipinski definition) is 4. The first-order valence-electron chi connectivity index (χ1n) is 7.98. The van der Waals surface area contributed by atoms with Crippen LogP contribution >= 0.6 is 0 Å². The van der Waals surface area contributed by atoms with Gasteiger partial charge in [-0.05, 0) is 49.8 Å². The highest BCUT2D eigenvalue weighted by molar-refractivity contribution is 5.71. The van der Waals surface area contributed by atoms with E-state index in [1.807, 2.05) is 30.5 Å². The normalized spacial score (nSPS) is 18.7. The van der Waals surface area contributed by atoms with Gasteiger partial charge in [-0.25, -0.2) is 9.97 Å². The van der Waals surface area contributed by atoms with E-state index in [-0.39, 0.29) is 0 Å². The van der Waals surface area contributed by atoms with Crippen molar-refractivity contribution in [3.63, 3.8) is 0 Å². The Kier molecular flexibility index (Phi) is 3.50. The summed E-state index contributed by atoms with van der Waals surface area (Å²) in [6.45, 7) is 2.81. The van der Waals surface area contributed by atoms with Crippen molar-refractivity contribution in [1.29, 1.82) is 0 Å². The van der Waals surface area contributed by atoms with E-state index in [2.05, 4.69) is 21.5 Å². The number of phenolic OH excluding ortho intramolecular Hbond substituents is 1. The van der Waals surface area contributed by atoms with Gasteiger partial charge in [-0.15, -0.1) is 0 Å². The lowest BCUT2D eigenvalue weighted by atomic mass is 10.1. The zero-order valence-electron chi connectivity index (χ0n) is 13.2. The summed E-state index contributed by atoms with van der Waals surface area (Å²) in [6, 6.07) is 11.3. The van der Waals surface area contributed by atoms with Gasteiger partial charge in [-0.2, -0.15) is 0 Å². The monoisotopic (exact) mass is 308 g/mol. The van der Waals surface area contributed by atoms with Crippen LogP contribution in [-0.2, 0) is 6.54 Å². The van der Waals surface area contributed by atoms with Crippen LogP contribution in [0.15, 0.2) is 42.6 Å². The van der Waals surface area contributed by atoms with Crippen LogP contribution in [0, 0.1) is 0 Å². The average Bonchev–Trinajstić information content (AvgIpc) is 3.12. The van der Waals surface area contributed by atoms with Gasteiger partial charge < -0.3 is 14.6 Å². The molecule has 1 aliphatic rings. The highest BCUT2D eigenvalue weighted by Crippen LogP contribution is 2.29. The molecule has 0 saturated carbocycles. The Morgan fingerprint density at radius 3 is 2.96 bits per heavy atom. The zero-order valence-corrected chi connectivity index (χ0v) is 13.2. The third-order valence-corrected chi connectivity index (χ3v) is 4.54. The van der Waals surface area contributed by atoms with E-state index in [4.69, 9.17) is 4.98 Å². The molecule has 3 heterocycles. The highest BCUT2D eigenvalue weighted by atomic mass is 16.3. The third kappa shape index (κ3) is 2.68. The van der Waals surface area contributed by atoms with Crippen LogP contribution in [0.25, 0.3) is 11.2 Å². The minimum absolute atomic E-state index is 0.294. The van der Waals surface area contributed by atoms with E-state index >= 15 is 0 Å². The molecule has 4 rings (SSSR count). The lowest BCUT2D eigenvalue weighted by Gasteiger charge is -2.14. The Morgan fingerprint density at radius 2 is 2.17 bits per heavy atom. The van der Waals surface area contributed by atoms with Crippen molar-refractivity contribution in [1.82, 2.24) is 19.4 Å². The number of likely N-dealkylation sites (tertiary alicyclic amines) is 1. The molecule has 5 heteroatoms. The minimum Gasteiger partial charge on any atom is -0.508 e. The van der Waals surface area contributed by atoms with E-state index < -0.39 is 0 Å². The summed E-state index contributed by atoms with van der Waals surface area (Å²) < 4.78 is 2.20. The molecule has 5 nitrogen and oxygen atoms in total. The number of imidazole rings is 1. The van der Waals surface area contributed by atoms with Gasteiger partial charge in [0.05, 0.1) is 6.54 Å². The van der Waals surface area contributed by atoms with Crippen LogP contribution in [0.4, 0.5) is 0 Å². The maximum absolute atomic E-state index is 9.72. The van der Waals surface area contributed by atoms with Gasteiger partial charge in [0.25, 0.3) is 0 Å². The molecular weight excluding hydrogens is 288 g/mol. The van der Waals surface area contributed by atoms with Gasteiger partial charge >= 0.3 is 0 Å². The molecule has 23 heavy (non-hydrogen) atoms. The summed E-state index contributed by atoms with van der Waals surface area (Å²) in [5.74, 6) is 1.83. The van der Waals surface area contributed by atoms with Gasteiger partial charge in [0.1, 0.15) is 17.1 Å². The van der Waals surface area contributed by atoms with E-state index in [0.29, 0.717) is 18.2 Å². The summed E-state index contributed by atoms with van der Waals surface area (Å²) >= 11 is 0. The predicted octanol–water partition coefficient (Wildman–Crippen LogP) is 2.60.